The number of nitrogens with zero attached hydrogens (tertiary/aromatic N) is 1. The predicted octanol–water partition coefficient (Wildman–Crippen LogP) is 5.07. The summed E-state index contributed by atoms with van der Waals surface area (Å²) >= 11 is 1.74. The monoisotopic (exact) mass is 395 g/mol. The number of rotatable bonds is 7. The molecule has 0 bridgehead atoms. The van der Waals surface area contributed by atoms with Crippen LogP contribution in [0.25, 0.3) is 0 Å². The van der Waals surface area contributed by atoms with Crippen LogP contribution in [-0.4, -0.2) is 22.9 Å². The molecule has 0 aliphatic heterocycles. The van der Waals surface area contributed by atoms with Gasteiger partial charge in [-0.1, -0.05) is 23.8 Å². The molecule has 0 spiro atoms. The molecule has 0 aliphatic rings. The summed E-state index contributed by atoms with van der Waals surface area (Å²) in [6.45, 7) is 8.36. The molecule has 3 rings (SSSR count). The van der Waals surface area contributed by atoms with Crippen molar-refractivity contribution in [3.05, 3.63) is 80.3 Å². The highest BCUT2D eigenvalue weighted by atomic mass is 32.1. The third-order valence-corrected chi connectivity index (χ3v) is 5.91. The molecule has 0 atom stereocenters. The molecule has 0 amide bonds. The summed E-state index contributed by atoms with van der Waals surface area (Å²) in [6, 6.07) is 11.6. The van der Waals surface area contributed by atoms with Gasteiger partial charge in [-0.25, -0.2) is 4.79 Å². The molecule has 28 heavy (non-hydrogen) atoms. The Morgan fingerprint density at radius 1 is 1.04 bits per heavy atom. The van der Waals surface area contributed by atoms with Crippen LogP contribution in [0.5, 0.6) is 0 Å². The van der Waals surface area contributed by atoms with Crippen molar-refractivity contribution >= 4 is 23.1 Å². The number of hydrogen-bond donors (Lipinski definition) is 0. The molecule has 0 N–H and O–H groups in total. The van der Waals surface area contributed by atoms with Crippen molar-refractivity contribution in [1.29, 1.82) is 0 Å². The highest BCUT2D eigenvalue weighted by Gasteiger charge is 2.18. The number of thiophene rings is 1. The zero-order chi connectivity index (χ0) is 20.3. The maximum absolute atomic E-state index is 12.7. The van der Waals surface area contributed by atoms with E-state index in [0.717, 1.165) is 35.5 Å². The van der Waals surface area contributed by atoms with Gasteiger partial charge in [0.25, 0.3) is 0 Å². The number of aryl methyl sites for hydroxylation is 4. The molecule has 0 saturated carbocycles. The number of Topliss-reactive ketones (excluding diaryl/α,β-unsaturated/α-hetero) is 1. The van der Waals surface area contributed by atoms with Gasteiger partial charge in [-0.2, -0.15) is 0 Å². The summed E-state index contributed by atoms with van der Waals surface area (Å²) in [5.41, 5.74) is 5.01. The van der Waals surface area contributed by atoms with Crippen LogP contribution in [0.4, 0.5) is 0 Å². The van der Waals surface area contributed by atoms with Gasteiger partial charge >= 0.3 is 5.97 Å². The average Bonchev–Trinajstić information content (AvgIpc) is 3.26. The highest BCUT2D eigenvalue weighted by Crippen LogP contribution is 2.19. The van der Waals surface area contributed by atoms with Crippen molar-refractivity contribution in [1.82, 2.24) is 4.57 Å². The van der Waals surface area contributed by atoms with Crippen LogP contribution in [0.2, 0.25) is 0 Å². The molecule has 2 aromatic heterocycles. The fourth-order valence-corrected chi connectivity index (χ4v) is 4.13. The van der Waals surface area contributed by atoms with Crippen LogP contribution in [0.1, 0.15) is 48.1 Å². The fourth-order valence-electron chi connectivity index (χ4n) is 3.43. The second-order valence-corrected chi connectivity index (χ2v) is 8.12. The molecule has 5 heteroatoms. The highest BCUT2D eigenvalue weighted by molar-refractivity contribution is 7.09. The maximum atomic E-state index is 12.7. The van der Waals surface area contributed by atoms with Crippen LogP contribution >= 0.6 is 11.3 Å². The minimum absolute atomic E-state index is 0.173. The molecule has 0 unspecified atom stereocenters. The van der Waals surface area contributed by atoms with Gasteiger partial charge in [-0.3, -0.25) is 4.79 Å². The molecule has 4 nitrogen and oxygen atoms in total. The number of benzene rings is 1. The van der Waals surface area contributed by atoms with Crippen LogP contribution in [0, 0.1) is 27.7 Å². The van der Waals surface area contributed by atoms with Gasteiger partial charge in [0.1, 0.15) is 0 Å². The molecular weight excluding hydrogens is 370 g/mol. The lowest BCUT2D eigenvalue weighted by molar-refractivity contribution is 0.0473. The minimum Gasteiger partial charge on any atom is -0.454 e. The van der Waals surface area contributed by atoms with E-state index in [4.69, 9.17) is 4.74 Å². The lowest BCUT2D eigenvalue weighted by atomic mass is 10.1. The van der Waals surface area contributed by atoms with E-state index in [1.165, 1.54) is 4.88 Å². The number of aromatic nitrogens is 1. The topological polar surface area (TPSA) is 48.3 Å². The Kier molecular flexibility index (Phi) is 6.15. The molecule has 1 aromatic carbocycles. The lowest BCUT2D eigenvalue weighted by Gasteiger charge is -2.10. The molecule has 0 fully saturated rings. The number of hydrogen-bond acceptors (Lipinski definition) is 4. The van der Waals surface area contributed by atoms with Gasteiger partial charge in [0.05, 0.1) is 5.56 Å². The number of carbonyl (C=O) groups excluding carboxylic acids is 2. The van der Waals surface area contributed by atoms with E-state index < -0.39 is 5.97 Å². The third-order valence-electron chi connectivity index (χ3n) is 4.97. The van der Waals surface area contributed by atoms with E-state index in [-0.39, 0.29) is 12.4 Å². The van der Waals surface area contributed by atoms with Crippen molar-refractivity contribution in [3.8, 4) is 0 Å². The standard InChI is InChI=1S/C23H25NO3S/c1-15-7-8-20(16(2)12-15)23(26)27-14-22(25)21-13-17(3)24(18(21)4)10-9-19-6-5-11-28-19/h5-8,11-13H,9-10,14H2,1-4H3. The van der Waals surface area contributed by atoms with Gasteiger partial charge in [-0.05, 0) is 63.3 Å². The Bertz CT molecular complexity index is 999. The van der Waals surface area contributed by atoms with Crippen molar-refractivity contribution in [3.63, 3.8) is 0 Å². The molecule has 0 radical (unpaired) electrons. The van der Waals surface area contributed by atoms with Crippen LogP contribution in [-0.2, 0) is 17.7 Å². The maximum Gasteiger partial charge on any atom is 0.338 e. The van der Waals surface area contributed by atoms with Crippen molar-refractivity contribution in [2.45, 2.75) is 40.7 Å². The Balaban J connectivity index is 1.65. The Morgan fingerprint density at radius 3 is 2.50 bits per heavy atom. The Morgan fingerprint density at radius 2 is 1.82 bits per heavy atom. The van der Waals surface area contributed by atoms with E-state index in [9.17, 15) is 9.59 Å². The smallest absolute Gasteiger partial charge is 0.338 e. The molecule has 0 aliphatic carbocycles. The Hall–Kier alpha value is -2.66. The fraction of sp³-hybridized carbons (Fsp3) is 0.304. The first kappa shape index (κ1) is 20.1. The van der Waals surface area contributed by atoms with E-state index in [1.807, 2.05) is 45.9 Å². The molecular formula is C23H25NO3S. The van der Waals surface area contributed by atoms with Crippen LogP contribution < -0.4 is 0 Å². The third kappa shape index (κ3) is 4.42. The molecule has 3 aromatic rings. The SMILES string of the molecule is Cc1ccc(C(=O)OCC(=O)c2cc(C)n(CCc3cccs3)c2C)c(C)c1. The van der Waals surface area contributed by atoms with E-state index >= 15 is 0 Å². The lowest BCUT2D eigenvalue weighted by Crippen LogP contribution is -2.16. The second-order valence-electron chi connectivity index (χ2n) is 7.08. The van der Waals surface area contributed by atoms with E-state index in [1.54, 1.807) is 17.4 Å². The normalized spacial score (nSPS) is 10.9. The van der Waals surface area contributed by atoms with Gasteiger partial charge in [0.2, 0.25) is 5.78 Å². The van der Waals surface area contributed by atoms with Crippen molar-refractivity contribution in [2.75, 3.05) is 6.61 Å². The number of ether oxygens (including phenoxy) is 1. The van der Waals surface area contributed by atoms with Crippen molar-refractivity contribution in [2.24, 2.45) is 0 Å². The predicted molar refractivity (Wildman–Crippen MR) is 112 cm³/mol. The Labute approximate surface area is 169 Å². The minimum atomic E-state index is -0.461. The summed E-state index contributed by atoms with van der Waals surface area (Å²) in [4.78, 5) is 26.3. The first-order valence-corrected chi connectivity index (χ1v) is 10.2. The average molecular weight is 396 g/mol. The van der Waals surface area contributed by atoms with Crippen LogP contribution in [0.3, 0.4) is 0 Å². The van der Waals surface area contributed by atoms with Crippen LogP contribution in [0.15, 0.2) is 41.8 Å². The first-order valence-electron chi connectivity index (χ1n) is 9.33. The molecule has 146 valence electrons. The van der Waals surface area contributed by atoms with E-state index in [0.29, 0.717) is 11.1 Å². The van der Waals surface area contributed by atoms with Gasteiger partial charge in [0.15, 0.2) is 6.61 Å². The quantitative estimate of drug-likeness (QED) is 0.415. The summed E-state index contributed by atoms with van der Waals surface area (Å²) < 4.78 is 7.44. The largest absolute Gasteiger partial charge is 0.454 e. The molecule has 0 saturated heterocycles. The van der Waals surface area contributed by atoms with Crippen molar-refractivity contribution < 1.29 is 14.3 Å². The van der Waals surface area contributed by atoms with Gasteiger partial charge in [0, 0.05) is 28.4 Å². The zero-order valence-corrected chi connectivity index (χ0v) is 17.6. The summed E-state index contributed by atoms with van der Waals surface area (Å²) in [5, 5.41) is 2.07. The van der Waals surface area contributed by atoms with E-state index in [2.05, 4.69) is 22.1 Å². The summed E-state index contributed by atoms with van der Waals surface area (Å²) in [6.07, 6.45) is 0.934. The summed E-state index contributed by atoms with van der Waals surface area (Å²) in [5.74, 6) is -0.633. The second kappa shape index (κ2) is 8.57. The summed E-state index contributed by atoms with van der Waals surface area (Å²) in [7, 11) is 0. The number of carbonyl (C=O) groups is 2. The van der Waals surface area contributed by atoms with Gasteiger partial charge in [-0.15, -0.1) is 11.3 Å². The molecule has 2 heterocycles. The zero-order valence-electron chi connectivity index (χ0n) is 16.7. The number of ketones is 1. The number of esters is 1. The first-order chi connectivity index (χ1) is 13.4. The van der Waals surface area contributed by atoms with Gasteiger partial charge < -0.3 is 9.30 Å².